The van der Waals surface area contributed by atoms with Crippen LogP contribution in [-0.2, 0) is 0 Å². The number of hydrogen-bond acceptors (Lipinski definition) is 1. The normalized spacial score (nSPS) is 27.1. The third kappa shape index (κ3) is 2.21. The van der Waals surface area contributed by atoms with Gasteiger partial charge >= 0.3 is 0 Å². The van der Waals surface area contributed by atoms with Crippen LogP contribution in [0, 0.1) is 0 Å². The minimum atomic E-state index is 0.580. The lowest BCUT2D eigenvalue weighted by Gasteiger charge is -2.32. The molecule has 82 valence electrons. The van der Waals surface area contributed by atoms with Gasteiger partial charge in [-0.05, 0) is 35.8 Å². The summed E-state index contributed by atoms with van der Waals surface area (Å²) < 4.78 is 0.580. The van der Waals surface area contributed by atoms with Crippen molar-refractivity contribution >= 4 is 22.6 Å². The van der Waals surface area contributed by atoms with Gasteiger partial charge in [0, 0.05) is 10.5 Å². The second-order valence-electron chi connectivity index (χ2n) is 4.47. The van der Waals surface area contributed by atoms with Crippen LogP contribution in [0.5, 0.6) is 0 Å². The lowest BCUT2D eigenvalue weighted by atomic mass is 9.76. The molecule has 0 bridgehead atoms. The molecule has 0 aromatic heterocycles. The molecule has 0 aliphatic heterocycles. The van der Waals surface area contributed by atoms with Crippen molar-refractivity contribution in [3.63, 3.8) is 0 Å². The Kier molecular flexibility index (Phi) is 3.67. The van der Waals surface area contributed by atoms with Crippen LogP contribution in [0.15, 0.2) is 24.3 Å². The summed E-state index contributed by atoms with van der Waals surface area (Å²) in [6.45, 7) is 3.12. The maximum atomic E-state index is 5.79. The quantitative estimate of drug-likeness (QED) is 0.657. The van der Waals surface area contributed by atoms with E-state index < -0.39 is 0 Å². The SMILES string of the molecule is CC1CCC(C(I)CN)c2ccccc21. The van der Waals surface area contributed by atoms with Gasteiger partial charge < -0.3 is 5.73 Å². The van der Waals surface area contributed by atoms with Gasteiger partial charge in [0.05, 0.1) is 0 Å². The van der Waals surface area contributed by atoms with Gasteiger partial charge in [-0.2, -0.15) is 0 Å². The Bertz CT molecular complexity index is 337. The van der Waals surface area contributed by atoms with Crippen LogP contribution in [0.4, 0.5) is 0 Å². The number of nitrogens with two attached hydrogens (primary N) is 1. The molecule has 0 heterocycles. The summed E-state index contributed by atoms with van der Waals surface area (Å²) in [7, 11) is 0. The van der Waals surface area contributed by atoms with E-state index in [1.165, 1.54) is 12.8 Å². The third-order valence-electron chi connectivity index (χ3n) is 3.50. The summed E-state index contributed by atoms with van der Waals surface area (Å²) >= 11 is 2.50. The zero-order chi connectivity index (χ0) is 10.8. The van der Waals surface area contributed by atoms with Crippen molar-refractivity contribution in [2.75, 3.05) is 6.54 Å². The molecule has 3 unspecified atom stereocenters. The first-order chi connectivity index (χ1) is 7.24. The Morgan fingerprint density at radius 1 is 1.33 bits per heavy atom. The van der Waals surface area contributed by atoms with Crippen molar-refractivity contribution in [1.82, 2.24) is 0 Å². The molecule has 1 aromatic carbocycles. The van der Waals surface area contributed by atoms with E-state index in [0.717, 1.165) is 12.5 Å². The molecule has 2 N–H and O–H groups in total. The highest BCUT2D eigenvalue weighted by Gasteiger charge is 2.28. The standard InChI is InChI=1S/C13H18IN/c1-9-6-7-12(13(14)8-15)11-5-3-2-4-10(9)11/h2-5,9,12-13H,6-8,15H2,1H3. The smallest absolute Gasteiger partial charge is 0.0301 e. The van der Waals surface area contributed by atoms with E-state index >= 15 is 0 Å². The Morgan fingerprint density at radius 3 is 2.67 bits per heavy atom. The van der Waals surface area contributed by atoms with Crippen molar-refractivity contribution in [3.05, 3.63) is 35.4 Å². The van der Waals surface area contributed by atoms with Gasteiger partial charge in [-0.25, -0.2) is 0 Å². The number of rotatable bonds is 2. The number of fused-ring (bicyclic) bond motifs is 1. The van der Waals surface area contributed by atoms with Crippen molar-refractivity contribution in [3.8, 4) is 0 Å². The molecule has 1 aliphatic carbocycles. The Labute approximate surface area is 106 Å². The van der Waals surface area contributed by atoms with E-state index in [-0.39, 0.29) is 0 Å². The molecule has 0 amide bonds. The van der Waals surface area contributed by atoms with E-state index in [1.54, 1.807) is 11.1 Å². The van der Waals surface area contributed by atoms with Gasteiger partial charge in [-0.3, -0.25) is 0 Å². The second-order valence-corrected chi connectivity index (χ2v) is 6.07. The Morgan fingerprint density at radius 2 is 2.00 bits per heavy atom. The summed E-state index contributed by atoms with van der Waals surface area (Å²) in [6.07, 6.45) is 2.60. The topological polar surface area (TPSA) is 26.0 Å². The van der Waals surface area contributed by atoms with Gasteiger partial charge in [-0.1, -0.05) is 53.8 Å². The molecule has 1 nitrogen and oxygen atoms in total. The molecule has 1 aromatic rings. The van der Waals surface area contributed by atoms with Gasteiger partial charge in [0.1, 0.15) is 0 Å². The average molecular weight is 315 g/mol. The summed E-state index contributed by atoms with van der Waals surface area (Å²) in [5.74, 6) is 1.39. The van der Waals surface area contributed by atoms with Crippen LogP contribution in [0.1, 0.15) is 42.7 Å². The fraction of sp³-hybridized carbons (Fsp3) is 0.538. The second kappa shape index (κ2) is 4.83. The lowest BCUT2D eigenvalue weighted by Crippen LogP contribution is -2.25. The summed E-state index contributed by atoms with van der Waals surface area (Å²) in [5.41, 5.74) is 8.88. The number of halogens is 1. The van der Waals surface area contributed by atoms with Crippen molar-refractivity contribution in [2.45, 2.75) is 35.5 Å². The van der Waals surface area contributed by atoms with Gasteiger partial charge in [0.25, 0.3) is 0 Å². The van der Waals surface area contributed by atoms with Crippen LogP contribution in [-0.4, -0.2) is 10.5 Å². The molecule has 0 saturated heterocycles. The minimum absolute atomic E-state index is 0.580. The molecule has 0 spiro atoms. The average Bonchev–Trinajstić information content (AvgIpc) is 2.29. The van der Waals surface area contributed by atoms with Crippen LogP contribution >= 0.6 is 22.6 Å². The van der Waals surface area contributed by atoms with Crippen LogP contribution in [0.3, 0.4) is 0 Å². The Balaban J connectivity index is 2.36. The van der Waals surface area contributed by atoms with Crippen LogP contribution < -0.4 is 5.73 Å². The molecule has 0 saturated carbocycles. The third-order valence-corrected chi connectivity index (χ3v) is 4.88. The Hall–Kier alpha value is -0.0900. The predicted octanol–water partition coefficient (Wildman–Crippen LogP) is 3.43. The maximum absolute atomic E-state index is 5.79. The van der Waals surface area contributed by atoms with E-state index in [9.17, 15) is 0 Å². The summed E-state index contributed by atoms with van der Waals surface area (Å²) in [6, 6.07) is 8.88. The molecular weight excluding hydrogens is 297 g/mol. The fourth-order valence-corrected chi connectivity index (χ4v) is 3.32. The fourth-order valence-electron chi connectivity index (χ4n) is 2.58. The van der Waals surface area contributed by atoms with Crippen molar-refractivity contribution in [2.24, 2.45) is 5.73 Å². The first-order valence-corrected chi connectivity index (χ1v) is 6.91. The minimum Gasteiger partial charge on any atom is -0.329 e. The predicted molar refractivity (Wildman–Crippen MR) is 73.7 cm³/mol. The zero-order valence-electron chi connectivity index (χ0n) is 9.12. The molecule has 0 fully saturated rings. The highest BCUT2D eigenvalue weighted by molar-refractivity contribution is 14.1. The van der Waals surface area contributed by atoms with Gasteiger partial charge in [0.2, 0.25) is 0 Å². The molecule has 2 rings (SSSR count). The number of benzene rings is 1. The summed E-state index contributed by atoms with van der Waals surface area (Å²) in [4.78, 5) is 0. The molecule has 15 heavy (non-hydrogen) atoms. The van der Waals surface area contributed by atoms with E-state index in [4.69, 9.17) is 5.73 Å². The highest BCUT2D eigenvalue weighted by atomic mass is 127. The van der Waals surface area contributed by atoms with Crippen LogP contribution in [0.2, 0.25) is 0 Å². The zero-order valence-corrected chi connectivity index (χ0v) is 11.3. The summed E-state index contributed by atoms with van der Waals surface area (Å²) in [5, 5.41) is 0. The molecule has 0 radical (unpaired) electrons. The molecule has 1 aliphatic rings. The number of alkyl halides is 1. The van der Waals surface area contributed by atoms with E-state index in [2.05, 4.69) is 53.8 Å². The van der Waals surface area contributed by atoms with Gasteiger partial charge in [-0.15, -0.1) is 0 Å². The molecule has 3 atom stereocenters. The van der Waals surface area contributed by atoms with Gasteiger partial charge in [0.15, 0.2) is 0 Å². The van der Waals surface area contributed by atoms with Crippen molar-refractivity contribution < 1.29 is 0 Å². The first kappa shape index (κ1) is 11.4. The van der Waals surface area contributed by atoms with Crippen molar-refractivity contribution in [1.29, 1.82) is 0 Å². The molecule has 2 heteroatoms. The highest BCUT2D eigenvalue weighted by Crippen LogP contribution is 2.41. The lowest BCUT2D eigenvalue weighted by molar-refractivity contribution is 0.498. The maximum Gasteiger partial charge on any atom is 0.0301 e. The van der Waals surface area contributed by atoms with E-state index in [0.29, 0.717) is 9.84 Å². The largest absolute Gasteiger partial charge is 0.329 e. The van der Waals surface area contributed by atoms with E-state index in [1.807, 2.05) is 0 Å². The van der Waals surface area contributed by atoms with Crippen LogP contribution in [0.25, 0.3) is 0 Å². The first-order valence-electron chi connectivity index (χ1n) is 5.67. The monoisotopic (exact) mass is 315 g/mol. The molecular formula is C13H18IN. The number of hydrogen-bond donors (Lipinski definition) is 1.